The predicted octanol–water partition coefficient (Wildman–Crippen LogP) is 2.17. The zero-order valence-electron chi connectivity index (χ0n) is 10.5. The van der Waals surface area contributed by atoms with Gasteiger partial charge in [0.25, 0.3) is 0 Å². The van der Waals surface area contributed by atoms with Crippen molar-refractivity contribution in [1.82, 2.24) is 10.1 Å². The molecule has 0 radical (unpaired) electrons. The van der Waals surface area contributed by atoms with Gasteiger partial charge >= 0.3 is 0 Å². The zero-order valence-corrected chi connectivity index (χ0v) is 10.5. The highest BCUT2D eigenvalue weighted by Crippen LogP contribution is 2.36. The zero-order chi connectivity index (χ0) is 13.2. The fourth-order valence-electron chi connectivity index (χ4n) is 2.20. The summed E-state index contributed by atoms with van der Waals surface area (Å²) in [5.74, 6) is 1.97. The van der Waals surface area contributed by atoms with E-state index in [0.29, 0.717) is 24.7 Å². The van der Waals surface area contributed by atoms with Crippen molar-refractivity contribution in [2.45, 2.75) is 18.4 Å². The smallest absolute Gasteiger partial charge is 0.243 e. The van der Waals surface area contributed by atoms with E-state index in [1.807, 2.05) is 24.3 Å². The van der Waals surface area contributed by atoms with Crippen LogP contribution in [0.15, 0.2) is 41.4 Å². The Bertz CT molecular complexity index is 594. The maximum absolute atomic E-state index is 5.91. The fourth-order valence-corrected chi connectivity index (χ4v) is 2.20. The average molecular weight is 257 g/mol. The number of benzene rings is 1. The van der Waals surface area contributed by atoms with E-state index >= 15 is 0 Å². The molecule has 1 aromatic heterocycles. The molecule has 5 heteroatoms. The van der Waals surface area contributed by atoms with Crippen molar-refractivity contribution in [1.29, 1.82) is 0 Å². The Morgan fingerprint density at radius 1 is 1.47 bits per heavy atom. The third-order valence-electron chi connectivity index (χ3n) is 3.21. The number of hydrogen-bond acceptors (Lipinski definition) is 5. The lowest BCUT2D eigenvalue weighted by Gasteiger charge is -2.02. The van der Waals surface area contributed by atoms with E-state index in [0.717, 1.165) is 11.3 Å². The molecule has 1 aliphatic heterocycles. The van der Waals surface area contributed by atoms with Gasteiger partial charge in [0.05, 0.1) is 12.0 Å². The first-order valence-corrected chi connectivity index (χ1v) is 6.21. The highest BCUT2D eigenvalue weighted by molar-refractivity contribution is 5.42. The number of ether oxygens (including phenoxy) is 1. The second-order valence-corrected chi connectivity index (χ2v) is 4.52. The summed E-state index contributed by atoms with van der Waals surface area (Å²) in [4.78, 5) is 4.38. The molecular formula is C14H15N3O2. The van der Waals surface area contributed by atoms with E-state index in [1.165, 1.54) is 0 Å². The van der Waals surface area contributed by atoms with Crippen molar-refractivity contribution < 1.29 is 9.26 Å². The van der Waals surface area contributed by atoms with Gasteiger partial charge in [-0.1, -0.05) is 29.4 Å². The molecule has 5 nitrogen and oxygen atoms in total. The summed E-state index contributed by atoms with van der Waals surface area (Å²) in [5, 5.41) is 4.02. The molecule has 2 aromatic rings. The van der Waals surface area contributed by atoms with Gasteiger partial charge in [0, 0.05) is 5.56 Å². The first-order valence-electron chi connectivity index (χ1n) is 6.21. The minimum absolute atomic E-state index is 0.0182. The van der Waals surface area contributed by atoms with E-state index in [-0.39, 0.29) is 12.0 Å². The van der Waals surface area contributed by atoms with Gasteiger partial charge in [-0.2, -0.15) is 4.98 Å². The summed E-state index contributed by atoms with van der Waals surface area (Å²) in [6.07, 6.45) is 2.35. The van der Waals surface area contributed by atoms with Crippen molar-refractivity contribution in [3.05, 3.63) is 54.2 Å². The molecule has 0 spiro atoms. The van der Waals surface area contributed by atoms with Crippen molar-refractivity contribution in [3.63, 3.8) is 0 Å². The second-order valence-electron chi connectivity index (χ2n) is 4.52. The van der Waals surface area contributed by atoms with Gasteiger partial charge in [-0.25, -0.2) is 0 Å². The van der Waals surface area contributed by atoms with E-state index in [9.17, 15) is 0 Å². The lowest BCUT2D eigenvalue weighted by Crippen LogP contribution is -2.10. The third kappa shape index (κ3) is 2.13. The molecule has 98 valence electrons. The van der Waals surface area contributed by atoms with Crippen LogP contribution in [-0.2, 0) is 0 Å². The monoisotopic (exact) mass is 257 g/mol. The molecule has 0 amide bonds. The summed E-state index contributed by atoms with van der Waals surface area (Å²) in [6.45, 7) is 4.19. The molecule has 0 fully saturated rings. The van der Waals surface area contributed by atoms with E-state index < -0.39 is 0 Å². The molecule has 2 unspecified atom stereocenters. The Morgan fingerprint density at radius 2 is 2.32 bits per heavy atom. The number of hydrogen-bond donors (Lipinski definition) is 1. The summed E-state index contributed by atoms with van der Waals surface area (Å²) in [6, 6.07) is 7.59. The van der Waals surface area contributed by atoms with Gasteiger partial charge in [-0.05, 0) is 12.5 Å². The van der Waals surface area contributed by atoms with E-state index in [2.05, 4.69) is 16.7 Å². The lowest BCUT2D eigenvalue weighted by molar-refractivity contribution is 0.328. The van der Waals surface area contributed by atoms with Crippen LogP contribution in [0.4, 0.5) is 0 Å². The molecule has 2 heterocycles. The standard InChI is InChI=1S/C14H15N3O2/c1-2-5-11(15)14-16-13(17-19-14)10-8-18-12-7-4-3-6-9(10)12/h2-4,6-7,10-11H,1,5,8,15H2. The number of fused-ring (bicyclic) bond motifs is 1. The Morgan fingerprint density at radius 3 is 3.16 bits per heavy atom. The van der Waals surface area contributed by atoms with Crippen molar-refractivity contribution in [2.75, 3.05) is 6.61 Å². The summed E-state index contributed by atoms with van der Waals surface area (Å²) >= 11 is 0. The topological polar surface area (TPSA) is 74.2 Å². The van der Waals surface area contributed by atoms with Gasteiger partial charge in [-0.15, -0.1) is 6.58 Å². The molecule has 19 heavy (non-hydrogen) atoms. The van der Waals surface area contributed by atoms with Crippen molar-refractivity contribution >= 4 is 0 Å². The molecule has 0 bridgehead atoms. The van der Waals surface area contributed by atoms with Crippen LogP contribution in [0, 0.1) is 0 Å². The molecule has 0 aliphatic carbocycles. The van der Waals surface area contributed by atoms with E-state index in [1.54, 1.807) is 6.08 Å². The summed E-state index contributed by atoms with van der Waals surface area (Å²) in [7, 11) is 0. The van der Waals surface area contributed by atoms with Crippen LogP contribution in [0.1, 0.15) is 35.7 Å². The van der Waals surface area contributed by atoms with E-state index in [4.69, 9.17) is 15.0 Å². The normalized spacial score (nSPS) is 18.7. The molecule has 1 aliphatic rings. The van der Waals surface area contributed by atoms with Crippen LogP contribution in [0.25, 0.3) is 0 Å². The maximum atomic E-state index is 5.91. The van der Waals surface area contributed by atoms with Gasteiger partial charge in [0.1, 0.15) is 12.4 Å². The number of nitrogens with zero attached hydrogens (tertiary/aromatic N) is 2. The van der Waals surface area contributed by atoms with Gasteiger partial charge in [0.15, 0.2) is 5.82 Å². The Hall–Kier alpha value is -2.14. The number of para-hydroxylation sites is 1. The minimum atomic E-state index is -0.295. The SMILES string of the molecule is C=CCC(N)c1nc(C2COc3ccccc32)no1. The highest BCUT2D eigenvalue weighted by atomic mass is 16.5. The molecule has 2 atom stereocenters. The lowest BCUT2D eigenvalue weighted by atomic mass is 10.0. The molecule has 1 aromatic carbocycles. The molecule has 3 rings (SSSR count). The van der Waals surface area contributed by atoms with Crippen LogP contribution < -0.4 is 10.5 Å². The van der Waals surface area contributed by atoms with Gasteiger partial charge in [-0.3, -0.25) is 0 Å². The Labute approximate surface area is 111 Å². The van der Waals surface area contributed by atoms with Crippen LogP contribution >= 0.6 is 0 Å². The minimum Gasteiger partial charge on any atom is -0.492 e. The Kier molecular flexibility index (Phi) is 3.05. The summed E-state index contributed by atoms with van der Waals surface area (Å²) < 4.78 is 10.8. The van der Waals surface area contributed by atoms with Crippen molar-refractivity contribution in [3.8, 4) is 5.75 Å². The molecular weight excluding hydrogens is 242 g/mol. The van der Waals surface area contributed by atoms with Crippen LogP contribution in [0.3, 0.4) is 0 Å². The van der Waals surface area contributed by atoms with Crippen LogP contribution in [-0.4, -0.2) is 16.7 Å². The van der Waals surface area contributed by atoms with Gasteiger partial charge in [0.2, 0.25) is 5.89 Å². The Balaban J connectivity index is 1.86. The van der Waals surface area contributed by atoms with Crippen LogP contribution in [0.5, 0.6) is 5.75 Å². The quantitative estimate of drug-likeness (QED) is 0.850. The predicted molar refractivity (Wildman–Crippen MR) is 69.8 cm³/mol. The number of rotatable bonds is 4. The molecule has 0 saturated carbocycles. The number of nitrogens with two attached hydrogens (primary N) is 1. The first kappa shape index (κ1) is 11.9. The fraction of sp³-hybridized carbons (Fsp3) is 0.286. The maximum Gasteiger partial charge on any atom is 0.243 e. The highest BCUT2D eigenvalue weighted by Gasteiger charge is 2.29. The molecule has 0 saturated heterocycles. The largest absolute Gasteiger partial charge is 0.492 e. The second kappa shape index (κ2) is 4.85. The van der Waals surface area contributed by atoms with Crippen molar-refractivity contribution in [2.24, 2.45) is 5.73 Å². The van der Waals surface area contributed by atoms with Gasteiger partial charge < -0.3 is 15.0 Å². The van der Waals surface area contributed by atoms with Crippen LogP contribution in [0.2, 0.25) is 0 Å². The average Bonchev–Trinajstić information content (AvgIpc) is 3.05. The third-order valence-corrected chi connectivity index (χ3v) is 3.21. The molecule has 2 N–H and O–H groups in total. The number of aromatic nitrogens is 2. The summed E-state index contributed by atoms with van der Waals surface area (Å²) in [5.41, 5.74) is 7.00. The first-order chi connectivity index (χ1) is 9.29.